The van der Waals surface area contributed by atoms with Crippen LogP contribution in [0.5, 0.6) is 5.75 Å². The number of aryl methyl sites for hydroxylation is 1. The van der Waals surface area contributed by atoms with E-state index in [1.165, 1.54) is 16.0 Å². The quantitative estimate of drug-likeness (QED) is 0.156. The molecule has 0 aliphatic carbocycles. The Bertz CT molecular complexity index is 1300. The van der Waals surface area contributed by atoms with Gasteiger partial charge in [-0.15, -0.1) is 5.10 Å². The van der Waals surface area contributed by atoms with Crippen LogP contribution < -0.4 is 4.74 Å². The fraction of sp³-hybridized carbons (Fsp3) is 0.111. The fourth-order valence-electron chi connectivity index (χ4n) is 3.26. The number of benzene rings is 3. The molecule has 1 aromatic heterocycles. The molecule has 166 valence electrons. The van der Waals surface area contributed by atoms with E-state index in [1.807, 2.05) is 65.3 Å². The van der Waals surface area contributed by atoms with Crippen molar-refractivity contribution in [3.05, 3.63) is 118 Å². The first kappa shape index (κ1) is 22.8. The van der Waals surface area contributed by atoms with E-state index >= 15 is 0 Å². The molecule has 0 amide bonds. The van der Waals surface area contributed by atoms with Gasteiger partial charge in [0.15, 0.2) is 5.82 Å². The highest BCUT2D eigenvalue weighted by Gasteiger charge is 2.11. The third kappa shape index (κ3) is 5.92. The first-order valence-electron chi connectivity index (χ1n) is 10.6. The molecular weight excluding hydrogens is 446 g/mol. The van der Waals surface area contributed by atoms with E-state index in [-0.39, 0.29) is 0 Å². The van der Waals surface area contributed by atoms with Crippen molar-refractivity contribution in [3.63, 3.8) is 0 Å². The summed E-state index contributed by atoms with van der Waals surface area (Å²) >= 11 is 7.49. The van der Waals surface area contributed by atoms with Gasteiger partial charge in [-0.25, -0.2) is 4.68 Å². The lowest BCUT2D eigenvalue weighted by molar-refractivity contribution is 0.414. The van der Waals surface area contributed by atoms with Crippen LogP contribution in [0.3, 0.4) is 0 Å². The van der Waals surface area contributed by atoms with Gasteiger partial charge < -0.3 is 4.74 Å². The summed E-state index contributed by atoms with van der Waals surface area (Å²) in [6.45, 7) is 2.74. The molecule has 4 nitrogen and oxygen atoms in total. The van der Waals surface area contributed by atoms with Crippen molar-refractivity contribution in [2.75, 3.05) is 7.11 Å². The summed E-state index contributed by atoms with van der Waals surface area (Å²) in [5.74, 6) is 1.59. The number of hydrogen-bond acceptors (Lipinski definition) is 4. The second kappa shape index (κ2) is 11.0. The average Bonchev–Trinajstić information content (AvgIpc) is 3.16. The molecule has 0 N–H and O–H groups in total. The second-order valence-electron chi connectivity index (χ2n) is 7.44. The van der Waals surface area contributed by atoms with Gasteiger partial charge in [0.2, 0.25) is 4.77 Å². The van der Waals surface area contributed by atoms with Gasteiger partial charge in [-0.05, 0) is 72.6 Å². The number of methoxy groups -OCH3 is 1. The molecule has 6 heteroatoms. The maximum atomic E-state index is 5.81. The van der Waals surface area contributed by atoms with Crippen LogP contribution in [0, 0.1) is 11.7 Å². The zero-order chi connectivity index (χ0) is 23.0. The van der Waals surface area contributed by atoms with Gasteiger partial charge in [0, 0.05) is 4.90 Å². The van der Waals surface area contributed by atoms with Gasteiger partial charge in [-0.2, -0.15) is 0 Å². The largest absolute Gasteiger partial charge is 0.497 e. The maximum absolute atomic E-state index is 5.81. The lowest BCUT2D eigenvalue weighted by atomic mass is 10.2. The molecule has 4 aromatic rings. The summed E-state index contributed by atoms with van der Waals surface area (Å²) in [6, 6.07) is 26.5. The van der Waals surface area contributed by atoms with Crippen molar-refractivity contribution in [1.82, 2.24) is 14.3 Å². The van der Waals surface area contributed by atoms with E-state index in [0.717, 1.165) is 17.3 Å². The number of ether oxygens (including phenoxy) is 1. The third-order valence-corrected chi connectivity index (χ3v) is 6.28. The highest BCUT2D eigenvalue weighted by molar-refractivity contribution is 8.02. The molecule has 33 heavy (non-hydrogen) atoms. The predicted octanol–water partition coefficient (Wildman–Crippen LogP) is 7.09. The van der Waals surface area contributed by atoms with Crippen LogP contribution in [0.4, 0.5) is 0 Å². The lowest BCUT2D eigenvalue weighted by Crippen LogP contribution is -2.03. The van der Waals surface area contributed by atoms with Crippen molar-refractivity contribution in [1.29, 1.82) is 0 Å². The summed E-state index contributed by atoms with van der Waals surface area (Å²) < 4.78 is 9.76. The zero-order valence-electron chi connectivity index (χ0n) is 18.6. The Morgan fingerprint density at radius 3 is 2.36 bits per heavy atom. The summed E-state index contributed by atoms with van der Waals surface area (Å²) in [7, 11) is 1.66. The topological polar surface area (TPSA) is 32.0 Å². The molecule has 0 aliphatic rings. The molecule has 1 heterocycles. The molecule has 0 unspecified atom stereocenters. The number of thioether (sulfide) groups is 1. The molecule has 0 atom stereocenters. The fourth-order valence-corrected chi connectivity index (χ4v) is 4.19. The van der Waals surface area contributed by atoms with Crippen LogP contribution >= 0.6 is 24.0 Å². The van der Waals surface area contributed by atoms with Crippen molar-refractivity contribution in [2.24, 2.45) is 0 Å². The van der Waals surface area contributed by atoms with Gasteiger partial charge in [-0.3, -0.25) is 4.57 Å². The Morgan fingerprint density at radius 1 is 0.939 bits per heavy atom. The molecule has 0 fully saturated rings. The van der Waals surface area contributed by atoms with E-state index in [0.29, 0.717) is 11.3 Å². The van der Waals surface area contributed by atoms with Gasteiger partial charge in [0.05, 0.1) is 19.3 Å². The van der Waals surface area contributed by atoms with Crippen LogP contribution in [-0.4, -0.2) is 21.5 Å². The average molecular weight is 472 g/mol. The van der Waals surface area contributed by atoms with Crippen molar-refractivity contribution >= 4 is 30.1 Å². The Balaban J connectivity index is 1.60. The minimum Gasteiger partial charge on any atom is -0.497 e. The number of aromatic nitrogens is 3. The van der Waals surface area contributed by atoms with Crippen molar-refractivity contribution < 1.29 is 4.74 Å². The number of allylic oxidation sites excluding steroid dienone is 2. The Labute approximate surface area is 203 Å². The van der Waals surface area contributed by atoms with Crippen LogP contribution in [0.2, 0.25) is 0 Å². The number of hydrogen-bond donors (Lipinski definition) is 0. The lowest BCUT2D eigenvalue weighted by Gasteiger charge is -2.05. The minimum absolute atomic E-state index is 0.640. The normalized spacial score (nSPS) is 11.5. The molecular formula is C27H25N3OS2. The van der Waals surface area contributed by atoms with Crippen LogP contribution in [0.1, 0.15) is 17.0 Å². The maximum Gasteiger partial charge on any atom is 0.203 e. The van der Waals surface area contributed by atoms with E-state index < -0.39 is 0 Å². The summed E-state index contributed by atoms with van der Waals surface area (Å²) in [5.41, 5.74) is 3.33. The molecule has 0 aliphatic heterocycles. The van der Waals surface area contributed by atoms with Crippen molar-refractivity contribution in [3.8, 4) is 11.4 Å². The van der Waals surface area contributed by atoms with Crippen molar-refractivity contribution in [2.45, 2.75) is 18.4 Å². The van der Waals surface area contributed by atoms with E-state index in [2.05, 4.69) is 48.7 Å². The third-order valence-electron chi connectivity index (χ3n) is 5.05. The smallest absolute Gasteiger partial charge is 0.203 e. The molecule has 4 rings (SSSR count). The molecule has 0 bridgehead atoms. The SMILES string of the molecule is COc1ccc(-n2nc(/C=C\C=C\Sc3ccc(C)cc3)n(Cc3ccccc3)c2=S)cc1. The minimum atomic E-state index is 0.640. The second-order valence-corrected chi connectivity index (χ2v) is 8.79. The summed E-state index contributed by atoms with van der Waals surface area (Å²) in [5, 5.41) is 6.87. The number of nitrogens with zero attached hydrogens (tertiary/aromatic N) is 3. The van der Waals surface area contributed by atoms with Crippen LogP contribution in [0.25, 0.3) is 11.8 Å². The first-order valence-corrected chi connectivity index (χ1v) is 11.9. The molecule has 0 saturated carbocycles. The number of rotatable bonds is 8. The molecule has 0 radical (unpaired) electrons. The van der Waals surface area contributed by atoms with E-state index in [9.17, 15) is 0 Å². The Hall–Kier alpha value is -3.35. The highest BCUT2D eigenvalue weighted by atomic mass is 32.2. The first-order chi connectivity index (χ1) is 16.1. The zero-order valence-corrected chi connectivity index (χ0v) is 20.2. The van der Waals surface area contributed by atoms with Gasteiger partial charge in [-0.1, -0.05) is 71.9 Å². The summed E-state index contributed by atoms with van der Waals surface area (Å²) in [6.07, 6.45) is 6.01. The monoisotopic (exact) mass is 471 g/mol. The summed E-state index contributed by atoms with van der Waals surface area (Å²) in [4.78, 5) is 1.21. The van der Waals surface area contributed by atoms with Crippen LogP contribution in [0.15, 0.2) is 101 Å². The molecule has 3 aromatic carbocycles. The van der Waals surface area contributed by atoms with E-state index in [4.69, 9.17) is 22.1 Å². The van der Waals surface area contributed by atoms with Gasteiger partial charge in [0.25, 0.3) is 0 Å². The van der Waals surface area contributed by atoms with Crippen LogP contribution in [-0.2, 0) is 6.54 Å². The molecule has 0 saturated heterocycles. The predicted molar refractivity (Wildman–Crippen MR) is 140 cm³/mol. The molecule has 0 spiro atoms. The standard InChI is InChI=1S/C27H25N3OS2/c1-21-11-17-25(18-12-21)33-19-7-6-10-26-28-30(23-13-15-24(31-2)16-14-23)27(32)29(26)20-22-8-4-3-5-9-22/h3-19H,20H2,1-2H3/b10-6-,19-7+. The van der Waals surface area contributed by atoms with Gasteiger partial charge in [0.1, 0.15) is 5.75 Å². The Kier molecular flexibility index (Phi) is 7.60. The van der Waals surface area contributed by atoms with E-state index in [1.54, 1.807) is 23.6 Å². The highest BCUT2D eigenvalue weighted by Crippen LogP contribution is 2.20. The van der Waals surface area contributed by atoms with Gasteiger partial charge >= 0.3 is 0 Å². The Morgan fingerprint density at radius 2 is 1.67 bits per heavy atom.